The van der Waals surface area contributed by atoms with Crippen LogP contribution in [0.4, 0.5) is 4.79 Å². The second-order valence-corrected chi connectivity index (χ2v) is 8.79. The molecule has 1 atom stereocenters. The molecular weight excluding hydrogens is 294 g/mol. The maximum absolute atomic E-state index is 12.3. The summed E-state index contributed by atoms with van der Waals surface area (Å²) in [5.74, 6) is 0.989. The number of likely N-dealkylation sites (tertiary alicyclic amines) is 1. The molecule has 1 N–H and O–H groups in total. The standard InChI is InChI=1S/C17H29N3OS/c1-12(15-18-11-13(2)22-15)10-19-16(21)20-8-6-14(7-9-20)17(3,4)5/h11-12,14H,6-10H2,1-5H3,(H,19,21)/t12-/m1/s1. The highest BCUT2D eigenvalue weighted by atomic mass is 32.1. The maximum Gasteiger partial charge on any atom is 0.317 e. The van der Waals surface area contributed by atoms with E-state index in [1.165, 1.54) is 4.88 Å². The Bertz CT molecular complexity index is 498. The number of aryl methyl sites for hydroxylation is 1. The second-order valence-electron chi connectivity index (χ2n) is 7.52. The first-order valence-corrected chi connectivity index (χ1v) is 9.04. The summed E-state index contributed by atoms with van der Waals surface area (Å²) in [7, 11) is 0. The summed E-state index contributed by atoms with van der Waals surface area (Å²) in [6, 6.07) is 0.0764. The van der Waals surface area contributed by atoms with Gasteiger partial charge in [-0.05, 0) is 31.1 Å². The molecule has 22 heavy (non-hydrogen) atoms. The Hall–Kier alpha value is -1.10. The molecule has 5 heteroatoms. The number of hydrogen-bond acceptors (Lipinski definition) is 3. The molecule has 1 aliphatic rings. The number of nitrogens with zero attached hydrogens (tertiary/aromatic N) is 2. The number of carbonyl (C=O) groups is 1. The highest BCUT2D eigenvalue weighted by molar-refractivity contribution is 7.11. The van der Waals surface area contributed by atoms with Gasteiger partial charge in [0.1, 0.15) is 0 Å². The zero-order valence-electron chi connectivity index (χ0n) is 14.5. The number of hydrogen-bond donors (Lipinski definition) is 1. The Kier molecular flexibility index (Phi) is 5.48. The molecule has 2 amide bonds. The van der Waals surface area contributed by atoms with E-state index < -0.39 is 0 Å². The normalized spacial score (nSPS) is 18.3. The summed E-state index contributed by atoms with van der Waals surface area (Å²) in [6.45, 7) is 13.5. The van der Waals surface area contributed by atoms with Crippen molar-refractivity contribution in [1.82, 2.24) is 15.2 Å². The van der Waals surface area contributed by atoms with Gasteiger partial charge in [0.2, 0.25) is 0 Å². The number of piperidine rings is 1. The molecule has 0 unspecified atom stereocenters. The van der Waals surface area contributed by atoms with Gasteiger partial charge in [-0.15, -0.1) is 11.3 Å². The first kappa shape index (κ1) is 17.3. The van der Waals surface area contributed by atoms with Gasteiger partial charge in [0, 0.05) is 36.6 Å². The lowest BCUT2D eigenvalue weighted by Crippen LogP contribution is -2.46. The third kappa shape index (κ3) is 4.45. The summed E-state index contributed by atoms with van der Waals surface area (Å²) in [5, 5.41) is 4.17. The number of thiazole rings is 1. The molecule has 1 aromatic rings. The third-order valence-corrected chi connectivity index (χ3v) is 5.77. The SMILES string of the molecule is Cc1cnc([C@H](C)CNC(=O)N2CCC(C(C)(C)C)CC2)s1. The van der Waals surface area contributed by atoms with Crippen molar-refractivity contribution >= 4 is 17.4 Å². The number of rotatable bonds is 3. The van der Waals surface area contributed by atoms with Crippen molar-refractivity contribution in [2.45, 2.75) is 53.4 Å². The fraction of sp³-hybridized carbons (Fsp3) is 0.765. The number of carbonyl (C=O) groups excluding carboxylic acids is 1. The molecule has 0 spiro atoms. The molecule has 2 heterocycles. The molecule has 1 aliphatic heterocycles. The van der Waals surface area contributed by atoms with Crippen molar-refractivity contribution in [3.05, 3.63) is 16.1 Å². The van der Waals surface area contributed by atoms with Crippen molar-refractivity contribution in [3.8, 4) is 0 Å². The van der Waals surface area contributed by atoms with Gasteiger partial charge in [0.25, 0.3) is 0 Å². The second kappa shape index (κ2) is 6.99. The molecule has 124 valence electrons. The molecule has 1 saturated heterocycles. The average molecular weight is 324 g/mol. The van der Waals surface area contributed by atoms with Gasteiger partial charge in [0.15, 0.2) is 0 Å². The van der Waals surface area contributed by atoms with Crippen LogP contribution in [0.2, 0.25) is 0 Å². The van der Waals surface area contributed by atoms with Crippen LogP contribution in [-0.2, 0) is 0 Å². The predicted octanol–water partition coefficient (Wildman–Crippen LogP) is 4.02. The zero-order chi connectivity index (χ0) is 16.3. The molecule has 0 aromatic carbocycles. The molecular formula is C17H29N3OS. The minimum atomic E-state index is 0.0764. The topological polar surface area (TPSA) is 45.2 Å². The van der Waals surface area contributed by atoms with Crippen molar-refractivity contribution in [2.24, 2.45) is 11.3 Å². The molecule has 0 bridgehead atoms. The van der Waals surface area contributed by atoms with E-state index in [4.69, 9.17) is 0 Å². The van der Waals surface area contributed by atoms with Crippen LogP contribution in [0, 0.1) is 18.3 Å². The molecule has 0 saturated carbocycles. The van der Waals surface area contributed by atoms with Gasteiger partial charge < -0.3 is 10.2 Å². The number of aromatic nitrogens is 1. The lowest BCUT2D eigenvalue weighted by Gasteiger charge is -2.38. The van der Waals surface area contributed by atoms with Crippen molar-refractivity contribution in [2.75, 3.05) is 19.6 Å². The van der Waals surface area contributed by atoms with Crippen LogP contribution in [0.1, 0.15) is 56.3 Å². The Morgan fingerprint density at radius 2 is 2.09 bits per heavy atom. The van der Waals surface area contributed by atoms with Crippen LogP contribution in [-0.4, -0.2) is 35.5 Å². The van der Waals surface area contributed by atoms with Gasteiger partial charge in [-0.2, -0.15) is 0 Å². The monoisotopic (exact) mass is 323 g/mol. The largest absolute Gasteiger partial charge is 0.337 e. The highest BCUT2D eigenvalue weighted by Crippen LogP contribution is 2.34. The third-order valence-electron chi connectivity index (χ3n) is 4.63. The summed E-state index contributed by atoms with van der Waals surface area (Å²) >= 11 is 1.71. The Balaban J connectivity index is 1.77. The van der Waals surface area contributed by atoms with E-state index in [2.05, 4.69) is 44.9 Å². The molecule has 4 nitrogen and oxygen atoms in total. The van der Waals surface area contributed by atoms with Crippen LogP contribution in [0.5, 0.6) is 0 Å². The first-order chi connectivity index (χ1) is 10.3. The zero-order valence-corrected chi connectivity index (χ0v) is 15.3. The Labute approximate surface area is 138 Å². The summed E-state index contributed by atoms with van der Waals surface area (Å²) in [5.41, 5.74) is 0.347. The molecule has 1 aromatic heterocycles. The van der Waals surface area contributed by atoms with E-state index in [-0.39, 0.29) is 11.9 Å². The Morgan fingerprint density at radius 3 is 2.59 bits per heavy atom. The summed E-state index contributed by atoms with van der Waals surface area (Å²) < 4.78 is 0. The lowest BCUT2D eigenvalue weighted by molar-refractivity contribution is 0.122. The molecule has 1 fully saturated rings. The van der Waals surface area contributed by atoms with E-state index in [1.54, 1.807) is 11.3 Å². The van der Waals surface area contributed by atoms with Crippen LogP contribution in [0.3, 0.4) is 0 Å². The van der Waals surface area contributed by atoms with Gasteiger partial charge in [0.05, 0.1) is 5.01 Å². The van der Waals surface area contributed by atoms with Gasteiger partial charge >= 0.3 is 6.03 Å². The van der Waals surface area contributed by atoms with Crippen molar-refractivity contribution in [3.63, 3.8) is 0 Å². The number of nitrogens with one attached hydrogen (secondary N) is 1. The number of urea groups is 1. The van der Waals surface area contributed by atoms with E-state index in [0.29, 0.717) is 17.9 Å². The van der Waals surface area contributed by atoms with E-state index in [1.807, 2.05) is 11.1 Å². The molecule has 2 rings (SSSR count). The first-order valence-electron chi connectivity index (χ1n) is 8.22. The van der Waals surface area contributed by atoms with Gasteiger partial charge in [-0.1, -0.05) is 27.7 Å². The fourth-order valence-corrected chi connectivity index (χ4v) is 3.81. The van der Waals surface area contributed by atoms with Gasteiger partial charge in [-0.25, -0.2) is 9.78 Å². The fourth-order valence-electron chi connectivity index (χ4n) is 2.99. The predicted molar refractivity (Wildman–Crippen MR) is 92.4 cm³/mol. The minimum Gasteiger partial charge on any atom is -0.337 e. The Morgan fingerprint density at radius 1 is 1.45 bits per heavy atom. The van der Waals surface area contributed by atoms with Gasteiger partial charge in [-0.3, -0.25) is 0 Å². The van der Waals surface area contributed by atoms with Crippen LogP contribution in [0.25, 0.3) is 0 Å². The van der Waals surface area contributed by atoms with Crippen LogP contribution < -0.4 is 5.32 Å². The van der Waals surface area contributed by atoms with E-state index >= 15 is 0 Å². The summed E-state index contributed by atoms with van der Waals surface area (Å²) in [4.78, 5) is 19.9. The number of amides is 2. The molecule has 0 radical (unpaired) electrons. The lowest BCUT2D eigenvalue weighted by atomic mass is 9.75. The van der Waals surface area contributed by atoms with Crippen LogP contribution in [0.15, 0.2) is 6.20 Å². The maximum atomic E-state index is 12.3. The minimum absolute atomic E-state index is 0.0764. The van der Waals surface area contributed by atoms with E-state index in [0.717, 1.165) is 30.9 Å². The summed E-state index contributed by atoms with van der Waals surface area (Å²) in [6.07, 6.45) is 4.12. The van der Waals surface area contributed by atoms with Crippen molar-refractivity contribution in [1.29, 1.82) is 0 Å². The molecule has 0 aliphatic carbocycles. The average Bonchev–Trinajstić information content (AvgIpc) is 2.90. The van der Waals surface area contributed by atoms with Crippen LogP contribution >= 0.6 is 11.3 Å². The van der Waals surface area contributed by atoms with E-state index in [9.17, 15) is 4.79 Å². The smallest absolute Gasteiger partial charge is 0.317 e. The highest BCUT2D eigenvalue weighted by Gasteiger charge is 2.30. The van der Waals surface area contributed by atoms with Crippen molar-refractivity contribution < 1.29 is 4.79 Å². The quantitative estimate of drug-likeness (QED) is 0.913.